The number of aromatic amines is 2. The summed E-state index contributed by atoms with van der Waals surface area (Å²) in [4.78, 5) is 18.8. The van der Waals surface area contributed by atoms with Crippen molar-refractivity contribution < 1.29 is 17.9 Å². The van der Waals surface area contributed by atoms with Gasteiger partial charge in [-0.05, 0) is 42.4 Å². The van der Waals surface area contributed by atoms with Crippen LogP contribution in [0.1, 0.15) is 24.3 Å². The van der Waals surface area contributed by atoms with Crippen molar-refractivity contribution in [1.29, 1.82) is 0 Å². The SMILES string of the molecule is CC(OCc1ccccc1)c1[nH]n2c(=O)[nH]c(=S)nc2c1-c1cc(F)c(F)c(F)c1. The van der Waals surface area contributed by atoms with Gasteiger partial charge in [0, 0.05) is 0 Å². The summed E-state index contributed by atoms with van der Waals surface area (Å²) in [7, 11) is 0. The van der Waals surface area contributed by atoms with Crippen molar-refractivity contribution in [1.82, 2.24) is 19.6 Å². The van der Waals surface area contributed by atoms with E-state index in [4.69, 9.17) is 17.0 Å². The van der Waals surface area contributed by atoms with Gasteiger partial charge in [0.2, 0.25) is 4.77 Å². The standard InChI is InChI=1S/C20H15F3N4O2S/c1-10(29-9-11-5-3-2-4-6-11)17-15(12-7-13(21)16(23)14(22)8-12)18-24-19(30)25-20(28)27(18)26-17/h2-8,10,26H,9H2,1H3,(H,25,28,30). The zero-order valence-electron chi connectivity index (χ0n) is 15.6. The Labute approximate surface area is 173 Å². The van der Waals surface area contributed by atoms with Crippen LogP contribution < -0.4 is 5.69 Å². The van der Waals surface area contributed by atoms with E-state index in [9.17, 15) is 18.0 Å². The Morgan fingerprint density at radius 2 is 1.83 bits per heavy atom. The first-order valence-electron chi connectivity index (χ1n) is 8.90. The van der Waals surface area contributed by atoms with Crippen LogP contribution in [0, 0.1) is 22.2 Å². The maximum Gasteiger partial charge on any atom is 0.348 e. The smallest absolute Gasteiger partial charge is 0.348 e. The molecule has 154 valence electrons. The van der Waals surface area contributed by atoms with Crippen molar-refractivity contribution in [2.75, 3.05) is 0 Å². The number of aromatic nitrogens is 4. The predicted molar refractivity (Wildman–Crippen MR) is 106 cm³/mol. The summed E-state index contributed by atoms with van der Waals surface area (Å²) < 4.78 is 48.2. The molecule has 2 aromatic carbocycles. The Balaban J connectivity index is 1.87. The molecule has 2 aromatic heterocycles. The molecule has 0 radical (unpaired) electrons. The number of hydrogen-bond donors (Lipinski definition) is 2. The van der Waals surface area contributed by atoms with Crippen LogP contribution in [-0.4, -0.2) is 19.6 Å². The van der Waals surface area contributed by atoms with E-state index in [2.05, 4.69) is 15.1 Å². The van der Waals surface area contributed by atoms with Crippen LogP contribution in [0.25, 0.3) is 16.8 Å². The fourth-order valence-corrected chi connectivity index (χ4v) is 3.32. The van der Waals surface area contributed by atoms with Crippen molar-refractivity contribution in [3.63, 3.8) is 0 Å². The van der Waals surface area contributed by atoms with Crippen molar-refractivity contribution in [3.05, 3.63) is 86.4 Å². The molecule has 1 atom stereocenters. The Hall–Kier alpha value is -3.24. The van der Waals surface area contributed by atoms with E-state index >= 15 is 0 Å². The number of H-pyrrole nitrogens is 2. The van der Waals surface area contributed by atoms with E-state index in [0.717, 1.165) is 22.2 Å². The number of rotatable bonds is 5. The first-order chi connectivity index (χ1) is 14.3. The van der Waals surface area contributed by atoms with Crippen LogP contribution >= 0.6 is 12.2 Å². The topological polar surface area (TPSA) is 75.2 Å². The molecular weight excluding hydrogens is 417 g/mol. The molecule has 0 aliphatic carbocycles. The fraction of sp³-hybridized carbons (Fsp3) is 0.150. The second-order valence-corrected chi connectivity index (χ2v) is 6.99. The zero-order chi connectivity index (χ0) is 21.4. The number of ether oxygens (including phenoxy) is 1. The number of nitrogens with zero attached hydrogens (tertiary/aromatic N) is 2. The van der Waals surface area contributed by atoms with Gasteiger partial charge >= 0.3 is 5.69 Å². The minimum atomic E-state index is -1.59. The van der Waals surface area contributed by atoms with Crippen LogP contribution in [0.2, 0.25) is 0 Å². The number of hydrogen-bond acceptors (Lipinski definition) is 4. The van der Waals surface area contributed by atoms with Crippen LogP contribution in [0.5, 0.6) is 0 Å². The summed E-state index contributed by atoms with van der Waals surface area (Å²) in [5.74, 6) is -4.32. The van der Waals surface area contributed by atoms with Crippen LogP contribution in [-0.2, 0) is 11.3 Å². The van der Waals surface area contributed by atoms with Gasteiger partial charge in [0.15, 0.2) is 23.1 Å². The summed E-state index contributed by atoms with van der Waals surface area (Å²) in [6, 6.07) is 11.0. The monoisotopic (exact) mass is 432 g/mol. The summed E-state index contributed by atoms with van der Waals surface area (Å²) in [5, 5.41) is 2.85. The summed E-state index contributed by atoms with van der Waals surface area (Å²) in [5.41, 5.74) is 0.843. The molecule has 10 heteroatoms. The molecule has 30 heavy (non-hydrogen) atoms. The Morgan fingerprint density at radius 3 is 2.50 bits per heavy atom. The molecule has 0 saturated carbocycles. The highest BCUT2D eigenvalue weighted by molar-refractivity contribution is 7.71. The molecule has 4 rings (SSSR count). The van der Waals surface area contributed by atoms with Crippen molar-refractivity contribution >= 4 is 17.9 Å². The van der Waals surface area contributed by atoms with Crippen LogP contribution in [0.3, 0.4) is 0 Å². The van der Waals surface area contributed by atoms with E-state index in [-0.39, 0.29) is 28.2 Å². The van der Waals surface area contributed by atoms with Gasteiger partial charge in [0.05, 0.1) is 24.0 Å². The first-order valence-corrected chi connectivity index (χ1v) is 9.31. The van der Waals surface area contributed by atoms with Gasteiger partial charge in [0.25, 0.3) is 0 Å². The minimum absolute atomic E-state index is 0.0113. The molecule has 2 N–H and O–H groups in total. The average molecular weight is 432 g/mol. The number of fused-ring (bicyclic) bond motifs is 1. The predicted octanol–water partition coefficient (Wildman–Crippen LogP) is 4.44. The van der Waals surface area contributed by atoms with E-state index < -0.39 is 29.2 Å². The second kappa shape index (κ2) is 7.88. The van der Waals surface area contributed by atoms with E-state index in [0.29, 0.717) is 5.69 Å². The largest absolute Gasteiger partial charge is 0.368 e. The van der Waals surface area contributed by atoms with E-state index in [1.54, 1.807) is 6.92 Å². The fourth-order valence-electron chi connectivity index (χ4n) is 3.14. The van der Waals surface area contributed by atoms with Crippen molar-refractivity contribution in [2.24, 2.45) is 0 Å². The van der Waals surface area contributed by atoms with Gasteiger partial charge in [-0.15, -0.1) is 0 Å². The zero-order valence-corrected chi connectivity index (χ0v) is 16.4. The lowest BCUT2D eigenvalue weighted by Gasteiger charge is -2.14. The maximum absolute atomic E-state index is 13.9. The van der Waals surface area contributed by atoms with Gasteiger partial charge in [-0.25, -0.2) is 18.0 Å². The third-order valence-electron chi connectivity index (χ3n) is 4.58. The lowest BCUT2D eigenvalue weighted by Crippen LogP contribution is -2.18. The Morgan fingerprint density at radius 1 is 1.17 bits per heavy atom. The summed E-state index contributed by atoms with van der Waals surface area (Å²) in [6.45, 7) is 1.96. The van der Waals surface area contributed by atoms with Gasteiger partial charge in [0.1, 0.15) is 0 Å². The van der Waals surface area contributed by atoms with Crippen molar-refractivity contribution in [2.45, 2.75) is 19.6 Å². The number of nitrogens with one attached hydrogen (secondary N) is 2. The van der Waals surface area contributed by atoms with Gasteiger partial charge in [-0.2, -0.15) is 9.50 Å². The third kappa shape index (κ3) is 3.66. The lowest BCUT2D eigenvalue weighted by molar-refractivity contribution is 0.0499. The van der Waals surface area contributed by atoms with E-state index in [1.807, 2.05) is 30.3 Å². The molecule has 0 bridgehead atoms. The Bertz CT molecular complexity index is 1320. The molecule has 0 aliphatic rings. The molecule has 6 nitrogen and oxygen atoms in total. The van der Waals surface area contributed by atoms with Crippen molar-refractivity contribution in [3.8, 4) is 11.1 Å². The highest BCUT2D eigenvalue weighted by Crippen LogP contribution is 2.34. The average Bonchev–Trinajstić information content (AvgIpc) is 3.10. The molecule has 0 saturated heterocycles. The third-order valence-corrected chi connectivity index (χ3v) is 4.78. The second-order valence-electron chi connectivity index (χ2n) is 6.60. The highest BCUT2D eigenvalue weighted by atomic mass is 32.1. The molecule has 2 heterocycles. The van der Waals surface area contributed by atoms with Crippen LogP contribution in [0.15, 0.2) is 47.3 Å². The number of benzene rings is 2. The Kier molecular flexibility index (Phi) is 5.27. The first kappa shape index (κ1) is 20.0. The molecule has 4 aromatic rings. The lowest BCUT2D eigenvalue weighted by atomic mass is 10.0. The molecule has 0 amide bonds. The number of halogens is 3. The van der Waals surface area contributed by atoms with Crippen LogP contribution in [0.4, 0.5) is 13.2 Å². The van der Waals surface area contributed by atoms with Gasteiger partial charge in [-0.1, -0.05) is 30.3 Å². The minimum Gasteiger partial charge on any atom is -0.368 e. The van der Waals surface area contributed by atoms with Gasteiger partial charge in [-0.3, -0.25) is 10.1 Å². The normalized spacial score (nSPS) is 12.4. The highest BCUT2D eigenvalue weighted by Gasteiger charge is 2.23. The molecule has 1 unspecified atom stereocenters. The van der Waals surface area contributed by atoms with E-state index in [1.165, 1.54) is 0 Å². The summed E-state index contributed by atoms with van der Waals surface area (Å²) in [6.07, 6.45) is -0.633. The maximum atomic E-state index is 13.9. The molecule has 0 fully saturated rings. The molecule has 0 aliphatic heterocycles. The summed E-state index contributed by atoms with van der Waals surface area (Å²) >= 11 is 4.97. The molecular formula is C20H15F3N4O2S. The van der Waals surface area contributed by atoms with Gasteiger partial charge < -0.3 is 4.74 Å². The quantitative estimate of drug-likeness (QED) is 0.361. The molecule has 0 spiro atoms.